The molecule has 6 heteroatoms. The van der Waals surface area contributed by atoms with Crippen LogP contribution in [-0.2, 0) is 16.4 Å². The number of hydrogen-bond donors (Lipinski definition) is 1. The fraction of sp³-hybridized carbons (Fsp3) is 0.400. The third-order valence-electron chi connectivity index (χ3n) is 10.1. The van der Waals surface area contributed by atoms with Crippen LogP contribution in [0.25, 0.3) is 0 Å². The van der Waals surface area contributed by atoms with Gasteiger partial charge in [0.05, 0.1) is 10.0 Å². The van der Waals surface area contributed by atoms with Gasteiger partial charge in [-0.25, -0.2) is 0 Å². The van der Waals surface area contributed by atoms with E-state index in [1.165, 1.54) is 22.3 Å². The van der Waals surface area contributed by atoms with Crippen LogP contribution in [0.4, 0.5) is 0 Å². The van der Waals surface area contributed by atoms with Crippen LogP contribution in [-0.4, -0.2) is 29.3 Å². The molecule has 1 unspecified atom stereocenters. The van der Waals surface area contributed by atoms with Crippen LogP contribution in [0.3, 0.4) is 0 Å². The molecule has 0 amide bonds. The fourth-order valence-corrected chi connectivity index (χ4v) is 8.01. The lowest BCUT2D eigenvalue weighted by molar-refractivity contribution is 0.222. The van der Waals surface area contributed by atoms with Crippen molar-refractivity contribution in [1.29, 1.82) is 0 Å². The lowest BCUT2D eigenvalue weighted by atomic mass is 9.76. The molecule has 0 fully saturated rings. The molecule has 1 atom stereocenters. The highest BCUT2D eigenvalue weighted by Gasteiger charge is 2.42. The van der Waals surface area contributed by atoms with Gasteiger partial charge in [-0.1, -0.05) is 139 Å². The molecule has 4 aromatic carbocycles. The van der Waals surface area contributed by atoms with E-state index in [4.69, 9.17) is 8.85 Å². The van der Waals surface area contributed by atoms with Crippen LogP contribution in [0, 0.1) is 0 Å². The second-order valence-corrected chi connectivity index (χ2v) is 26.0. The predicted molar refractivity (Wildman–Crippen MR) is 205 cm³/mol. The second-order valence-electron chi connectivity index (χ2n) is 15.6. The monoisotopic (exact) mass is 715 g/mol. The zero-order chi connectivity index (χ0) is 33.8. The summed E-state index contributed by atoms with van der Waals surface area (Å²) in [5, 5.41) is 4.47. The number of rotatable bonds is 12. The molecule has 3 nitrogen and oxygen atoms in total. The molecule has 0 bridgehead atoms. The lowest BCUT2D eigenvalue weighted by Crippen LogP contribution is -2.54. The molecule has 0 aliphatic heterocycles. The summed E-state index contributed by atoms with van der Waals surface area (Å²) in [6.07, 6.45) is 0.793. The maximum Gasteiger partial charge on any atom is 0.250 e. The minimum Gasteiger partial charge on any atom is -0.543 e. The minimum absolute atomic E-state index is 0.00815. The predicted octanol–water partition coefficient (Wildman–Crippen LogP) is 11.3. The van der Waals surface area contributed by atoms with E-state index in [2.05, 4.69) is 198 Å². The van der Waals surface area contributed by atoms with Gasteiger partial charge in [0.1, 0.15) is 5.75 Å². The molecular formula is C40H54BrNO2Si2. The summed E-state index contributed by atoms with van der Waals surface area (Å²) < 4.78 is 14.7. The van der Waals surface area contributed by atoms with E-state index in [0.29, 0.717) is 6.61 Å². The summed E-state index contributed by atoms with van der Waals surface area (Å²) in [5.74, 6) is 0.921. The highest BCUT2D eigenvalue weighted by atomic mass is 79.9. The molecule has 0 saturated carbocycles. The third kappa shape index (κ3) is 8.32. The van der Waals surface area contributed by atoms with Crippen molar-refractivity contribution in [1.82, 2.24) is 5.32 Å². The maximum absolute atomic E-state index is 6.98. The van der Waals surface area contributed by atoms with Gasteiger partial charge in [0.25, 0.3) is 8.32 Å². The number of benzene rings is 4. The lowest BCUT2D eigenvalue weighted by Gasteiger charge is -2.42. The molecule has 0 aromatic heterocycles. The second kappa shape index (κ2) is 14.3. The van der Waals surface area contributed by atoms with Gasteiger partial charge in [-0.05, 0) is 93.0 Å². The summed E-state index contributed by atoms with van der Waals surface area (Å²) >= 11 is 3.88. The highest BCUT2D eigenvalue weighted by molar-refractivity contribution is 9.10. The SMILES string of the molecule is CC(C)(C)[Si](C)(C)OCC(Cc1ccc(O[Si](C)(C)C(C)(C)C)c(Br)c1)NC(c1ccccc1)(c1ccccc1)c1ccccc1. The van der Waals surface area contributed by atoms with E-state index in [-0.39, 0.29) is 16.1 Å². The van der Waals surface area contributed by atoms with E-state index in [0.717, 1.165) is 16.6 Å². The Morgan fingerprint density at radius 2 is 1.07 bits per heavy atom. The Bertz CT molecular complexity index is 1450. The highest BCUT2D eigenvalue weighted by Crippen LogP contribution is 2.41. The summed E-state index contributed by atoms with van der Waals surface area (Å²) in [6.45, 7) is 23.6. The Labute approximate surface area is 289 Å². The summed E-state index contributed by atoms with van der Waals surface area (Å²) in [6, 6.07) is 39.1. The molecule has 0 aliphatic carbocycles. The normalized spacial score (nSPS) is 13.8. The summed E-state index contributed by atoms with van der Waals surface area (Å²) in [4.78, 5) is 0. The van der Waals surface area contributed by atoms with Crippen LogP contribution in [0.5, 0.6) is 5.75 Å². The van der Waals surface area contributed by atoms with Crippen LogP contribution in [0.2, 0.25) is 36.3 Å². The van der Waals surface area contributed by atoms with Gasteiger partial charge in [-0.3, -0.25) is 5.32 Å². The van der Waals surface area contributed by atoms with E-state index < -0.39 is 22.2 Å². The van der Waals surface area contributed by atoms with Crippen LogP contribution >= 0.6 is 15.9 Å². The van der Waals surface area contributed by atoms with Crippen molar-refractivity contribution >= 4 is 32.6 Å². The first-order chi connectivity index (χ1) is 21.5. The first kappa shape index (κ1) is 36.4. The smallest absolute Gasteiger partial charge is 0.250 e. The van der Waals surface area contributed by atoms with Crippen molar-refractivity contribution in [3.63, 3.8) is 0 Å². The van der Waals surface area contributed by atoms with Crippen LogP contribution in [0.15, 0.2) is 114 Å². The molecule has 0 radical (unpaired) electrons. The molecule has 246 valence electrons. The Kier molecular flexibility index (Phi) is 11.3. The zero-order valence-corrected chi connectivity index (χ0v) is 33.2. The zero-order valence-electron chi connectivity index (χ0n) is 29.6. The summed E-state index contributed by atoms with van der Waals surface area (Å²) in [5.41, 5.74) is 4.24. The molecule has 0 saturated heterocycles. The Morgan fingerprint density at radius 1 is 0.630 bits per heavy atom. The average Bonchev–Trinajstić information content (AvgIpc) is 3.00. The average molecular weight is 717 g/mol. The number of hydrogen-bond acceptors (Lipinski definition) is 3. The van der Waals surface area contributed by atoms with E-state index in [1.54, 1.807) is 0 Å². The Hall–Kier alpha value is -2.49. The first-order valence-electron chi connectivity index (χ1n) is 16.5. The number of nitrogens with one attached hydrogen (secondary N) is 1. The molecule has 0 aliphatic rings. The van der Waals surface area contributed by atoms with Gasteiger partial charge in [-0.2, -0.15) is 0 Å². The quantitative estimate of drug-likeness (QED) is 0.117. The van der Waals surface area contributed by atoms with Gasteiger partial charge in [0.2, 0.25) is 0 Å². The van der Waals surface area contributed by atoms with E-state index in [1.807, 2.05) is 0 Å². The van der Waals surface area contributed by atoms with Crippen molar-refractivity contribution in [3.8, 4) is 5.75 Å². The van der Waals surface area contributed by atoms with Gasteiger partial charge < -0.3 is 8.85 Å². The fourth-order valence-electron chi connectivity index (χ4n) is 5.26. The maximum atomic E-state index is 6.98. The minimum atomic E-state index is -2.03. The third-order valence-corrected chi connectivity index (χ3v) is 19.6. The van der Waals surface area contributed by atoms with Crippen molar-refractivity contribution in [2.24, 2.45) is 0 Å². The van der Waals surface area contributed by atoms with Gasteiger partial charge >= 0.3 is 0 Å². The van der Waals surface area contributed by atoms with Gasteiger partial charge in [0, 0.05) is 12.6 Å². The van der Waals surface area contributed by atoms with Gasteiger partial charge in [0.15, 0.2) is 8.32 Å². The first-order valence-corrected chi connectivity index (χ1v) is 23.1. The van der Waals surface area contributed by atoms with E-state index >= 15 is 0 Å². The molecule has 4 aromatic rings. The standard InChI is InChI=1S/C40H54BrNO2Si2/c1-38(2,3)45(7,8)43-30-35(28-31-26-27-37(36(41)29-31)44-46(9,10)39(4,5)6)42-40(32-20-14-11-15-21-32,33-22-16-12-17-23-33)34-24-18-13-19-25-34/h11-27,29,35,42H,28,30H2,1-10H3. The Balaban J connectivity index is 1.81. The van der Waals surface area contributed by atoms with E-state index in [9.17, 15) is 0 Å². The molecule has 4 rings (SSSR count). The van der Waals surface area contributed by atoms with Gasteiger partial charge in [-0.15, -0.1) is 0 Å². The topological polar surface area (TPSA) is 30.5 Å². The molecule has 0 heterocycles. The largest absolute Gasteiger partial charge is 0.543 e. The van der Waals surface area contributed by atoms with Crippen molar-refractivity contribution < 1.29 is 8.85 Å². The molecule has 0 spiro atoms. The molecule has 1 N–H and O–H groups in total. The summed E-state index contributed by atoms with van der Waals surface area (Å²) in [7, 11) is -4.01. The van der Waals surface area contributed by atoms with Crippen LogP contribution < -0.4 is 9.74 Å². The Morgan fingerprint density at radius 3 is 1.46 bits per heavy atom. The number of halogens is 1. The van der Waals surface area contributed by atoms with Crippen LogP contribution in [0.1, 0.15) is 63.8 Å². The van der Waals surface area contributed by atoms with Crippen molar-refractivity contribution in [2.75, 3.05) is 6.61 Å². The van der Waals surface area contributed by atoms with Crippen molar-refractivity contribution in [3.05, 3.63) is 136 Å². The molecular weight excluding hydrogens is 663 g/mol. The molecule has 46 heavy (non-hydrogen) atoms. The van der Waals surface area contributed by atoms with Crippen molar-refractivity contribution in [2.45, 2.75) is 95.8 Å².